The molecule has 0 spiro atoms. The van der Waals surface area contributed by atoms with Crippen LogP contribution in [0.4, 0.5) is 0 Å². The van der Waals surface area contributed by atoms with Gasteiger partial charge in [0, 0.05) is 6.04 Å². The van der Waals surface area contributed by atoms with Gasteiger partial charge in [0.2, 0.25) is 5.91 Å². The molecule has 1 aliphatic rings. The topological polar surface area (TPSA) is 55.1 Å². The van der Waals surface area contributed by atoms with Crippen molar-refractivity contribution in [2.24, 2.45) is 11.1 Å². The van der Waals surface area contributed by atoms with Gasteiger partial charge in [-0.05, 0) is 25.7 Å². The minimum absolute atomic E-state index is 0.0541. The standard InChI is InChI=1S/C13H24N2OS/c1-3-10(4-2)15-12(16)13(11(14)17)8-6-5-7-9-13/h10H,3-9H2,1-2H3,(H2,14,17)(H,15,16). The molecule has 1 aliphatic carbocycles. The number of thiocarbonyl (C=S) groups is 1. The van der Waals surface area contributed by atoms with E-state index in [4.69, 9.17) is 18.0 Å². The minimum Gasteiger partial charge on any atom is -0.392 e. The lowest BCUT2D eigenvalue weighted by atomic mass is 9.73. The molecule has 0 aromatic carbocycles. The van der Waals surface area contributed by atoms with Crippen LogP contribution in [0.1, 0.15) is 58.8 Å². The quantitative estimate of drug-likeness (QED) is 0.743. The molecular formula is C13H24N2OS. The van der Waals surface area contributed by atoms with Gasteiger partial charge < -0.3 is 11.1 Å². The summed E-state index contributed by atoms with van der Waals surface area (Å²) in [6.07, 6.45) is 6.82. The molecule has 0 radical (unpaired) electrons. The van der Waals surface area contributed by atoms with E-state index in [1.807, 2.05) is 0 Å². The summed E-state index contributed by atoms with van der Waals surface area (Å²) >= 11 is 5.15. The summed E-state index contributed by atoms with van der Waals surface area (Å²) in [5.74, 6) is 0.0541. The third-order valence-electron chi connectivity index (χ3n) is 3.93. The number of hydrogen-bond donors (Lipinski definition) is 2. The van der Waals surface area contributed by atoms with Crippen LogP contribution in [0.5, 0.6) is 0 Å². The van der Waals surface area contributed by atoms with E-state index >= 15 is 0 Å². The Balaban J connectivity index is 2.76. The van der Waals surface area contributed by atoms with Crippen LogP contribution in [-0.4, -0.2) is 16.9 Å². The van der Waals surface area contributed by atoms with Gasteiger partial charge in [-0.15, -0.1) is 0 Å². The van der Waals surface area contributed by atoms with Gasteiger partial charge >= 0.3 is 0 Å². The van der Waals surface area contributed by atoms with Crippen LogP contribution < -0.4 is 11.1 Å². The number of hydrogen-bond acceptors (Lipinski definition) is 2. The smallest absolute Gasteiger partial charge is 0.233 e. The first-order valence-electron chi connectivity index (χ1n) is 6.67. The van der Waals surface area contributed by atoms with E-state index in [0.717, 1.165) is 38.5 Å². The molecule has 0 aromatic heterocycles. The number of carbonyl (C=O) groups is 1. The average Bonchev–Trinajstić information content (AvgIpc) is 2.36. The molecule has 1 fully saturated rings. The Bertz CT molecular complexity index is 281. The Kier molecular flexibility index (Phi) is 5.37. The molecule has 1 rings (SSSR count). The number of rotatable bonds is 5. The molecule has 1 amide bonds. The second-order valence-electron chi connectivity index (χ2n) is 4.99. The van der Waals surface area contributed by atoms with Crippen molar-refractivity contribution >= 4 is 23.1 Å². The summed E-state index contributed by atoms with van der Waals surface area (Å²) in [5, 5.41) is 3.10. The van der Waals surface area contributed by atoms with E-state index in [-0.39, 0.29) is 11.9 Å². The van der Waals surface area contributed by atoms with E-state index in [0.29, 0.717) is 4.99 Å². The number of nitrogens with two attached hydrogens (primary N) is 1. The van der Waals surface area contributed by atoms with Gasteiger partial charge in [-0.25, -0.2) is 0 Å². The fraction of sp³-hybridized carbons (Fsp3) is 0.846. The second kappa shape index (κ2) is 6.34. The van der Waals surface area contributed by atoms with E-state index in [1.54, 1.807) is 0 Å². The van der Waals surface area contributed by atoms with Gasteiger partial charge in [0.15, 0.2) is 0 Å². The van der Waals surface area contributed by atoms with Crippen LogP contribution >= 0.6 is 12.2 Å². The van der Waals surface area contributed by atoms with E-state index in [9.17, 15) is 4.79 Å². The molecule has 0 bridgehead atoms. The van der Waals surface area contributed by atoms with Gasteiger partial charge in [-0.3, -0.25) is 4.79 Å². The fourth-order valence-corrected chi connectivity index (χ4v) is 2.85. The molecule has 0 atom stereocenters. The summed E-state index contributed by atoms with van der Waals surface area (Å²) in [7, 11) is 0. The maximum absolute atomic E-state index is 12.4. The summed E-state index contributed by atoms with van der Waals surface area (Å²) in [6, 6.07) is 0.246. The molecule has 17 heavy (non-hydrogen) atoms. The maximum atomic E-state index is 12.4. The van der Waals surface area contributed by atoms with Crippen molar-refractivity contribution in [3.8, 4) is 0 Å². The van der Waals surface area contributed by atoms with Crippen molar-refractivity contribution in [3.05, 3.63) is 0 Å². The first-order chi connectivity index (χ1) is 8.06. The van der Waals surface area contributed by atoms with Gasteiger partial charge in [0.1, 0.15) is 0 Å². The predicted octanol–water partition coefficient (Wildman–Crippen LogP) is 2.53. The van der Waals surface area contributed by atoms with Crippen LogP contribution in [0.3, 0.4) is 0 Å². The number of nitrogens with one attached hydrogen (secondary N) is 1. The summed E-state index contributed by atoms with van der Waals surface area (Å²) in [5.41, 5.74) is 5.26. The normalized spacial score (nSPS) is 19.0. The molecule has 1 saturated carbocycles. The van der Waals surface area contributed by atoms with Crippen LogP contribution in [0, 0.1) is 5.41 Å². The SMILES string of the molecule is CCC(CC)NC(=O)C1(C(N)=S)CCCCC1. The zero-order valence-electron chi connectivity index (χ0n) is 10.9. The lowest BCUT2D eigenvalue weighted by Gasteiger charge is -2.36. The molecule has 0 aliphatic heterocycles. The highest BCUT2D eigenvalue weighted by Gasteiger charge is 2.42. The van der Waals surface area contributed by atoms with Gasteiger partial charge in [0.05, 0.1) is 10.4 Å². The molecule has 4 heteroatoms. The third-order valence-corrected chi connectivity index (χ3v) is 4.32. The van der Waals surface area contributed by atoms with Crippen molar-refractivity contribution in [2.45, 2.75) is 64.8 Å². The maximum Gasteiger partial charge on any atom is 0.233 e. The lowest BCUT2D eigenvalue weighted by Crippen LogP contribution is -2.52. The molecule has 3 nitrogen and oxygen atoms in total. The van der Waals surface area contributed by atoms with E-state index < -0.39 is 5.41 Å². The summed E-state index contributed by atoms with van der Waals surface area (Å²) < 4.78 is 0. The molecule has 0 aromatic rings. The Morgan fingerprint density at radius 3 is 2.24 bits per heavy atom. The summed E-state index contributed by atoms with van der Waals surface area (Å²) in [6.45, 7) is 4.17. The monoisotopic (exact) mass is 256 g/mol. The molecule has 0 unspecified atom stereocenters. The largest absolute Gasteiger partial charge is 0.392 e. The lowest BCUT2D eigenvalue weighted by molar-refractivity contribution is -0.129. The fourth-order valence-electron chi connectivity index (χ4n) is 2.56. The Labute approximate surface area is 110 Å². The van der Waals surface area contributed by atoms with Crippen molar-refractivity contribution in [1.29, 1.82) is 0 Å². The zero-order valence-corrected chi connectivity index (χ0v) is 11.7. The highest BCUT2D eigenvalue weighted by atomic mass is 32.1. The molecule has 3 N–H and O–H groups in total. The van der Waals surface area contributed by atoms with Gasteiger partial charge in [-0.1, -0.05) is 45.3 Å². The van der Waals surface area contributed by atoms with Crippen molar-refractivity contribution < 1.29 is 4.79 Å². The zero-order chi connectivity index (χ0) is 12.9. The Morgan fingerprint density at radius 2 is 1.82 bits per heavy atom. The Morgan fingerprint density at radius 1 is 1.29 bits per heavy atom. The average molecular weight is 256 g/mol. The van der Waals surface area contributed by atoms with Crippen LogP contribution in [0.2, 0.25) is 0 Å². The predicted molar refractivity (Wildman–Crippen MR) is 74.8 cm³/mol. The second-order valence-corrected chi connectivity index (χ2v) is 5.43. The highest BCUT2D eigenvalue weighted by Crippen LogP contribution is 2.37. The number of carbonyl (C=O) groups excluding carboxylic acids is 1. The molecule has 0 heterocycles. The van der Waals surface area contributed by atoms with Crippen LogP contribution in [0.25, 0.3) is 0 Å². The van der Waals surface area contributed by atoms with Crippen molar-refractivity contribution in [2.75, 3.05) is 0 Å². The molecular weight excluding hydrogens is 232 g/mol. The van der Waals surface area contributed by atoms with Crippen LogP contribution in [-0.2, 0) is 4.79 Å². The Hall–Kier alpha value is -0.640. The first kappa shape index (κ1) is 14.4. The molecule has 0 saturated heterocycles. The van der Waals surface area contributed by atoms with Crippen LogP contribution in [0.15, 0.2) is 0 Å². The van der Waals surface area contributed by atoms with Gasteiger partial charge in [0.25, 0.3) is 0 Å². The highest BCUT2D eigenvalue weighted by molar-refractivity contribution is 7.80. The van der Waals surface area contributed by atoms with Gasteiger partial charge in [-0.2, -0.15) is 0 Å². The first-order valence-corrected chi connectivity index (χ1v) is 7.08. The molecule has 98 valence electrons. The minimum atomic E-state index is -0.573. The number of amides is 1. The van der Waals surface area contributed by atoms with E-state index in [1.165, 1.54) is 6.42 Å². The third kappa shape index (κ3) is 3.18. The van der Waals surface area contributed by atoms with Crippen molar-refractivity contribution in [1.82, 2.24) is 5.32 Å². The summed E-state index contributed by atoms with van der Waals surface area (Å²) in [4.78, 5) is 12.8. The van der Waals surface area contributed by atoms with Crippen molar-refractivity contribution in [3.63, 3.8) is 0 Å². The van der Waals surface area contributed by atoms with E-state index in [2.05, 4.69) is 19.2 Å².